The molecule has 8 heteroatoms. The van der Waals surface area contributed by atoms with Crippen molar-refractivity contribution in [1.82, 2.24) is 0 Å². The molecule has 0 aliphatic carbocycles. The third-order valence-corrected chi connectivity index (χ3v) is 7.44. The fraction of sp³-hybridized carbons (Fsp3) is 0.243. The summed E-state index contributed by atoms with van der Waals surface area (Å²) in [4.78, 5) is 49.7. The van der Waals surface area contributed by atoms with Gasteiger partial charge in [-0.15, -0.1) is 0 Å². The summed E-state index contributed by atoms with van der Waals surface area (Å²) in [6, 6.07) is 29.0. The minimum Gasteiger partial charge on any atom is -0.326 e. The summed E-state index contributed by atoms with van der Waals surface area (Å²) < 4.78 is 0. The highest BCUT2D eigenvalue weighted by Gasteiger charge is 2.10. The van der Waals surface area contributed by atoms with Crippen molar-refractivity contribution in [1.29, 1.82) is 0 Å². The maximum Gasteiger partial charge on any atom is 0.255 e. The number of benzene rings is 4. The van der Waals surface area contributed by atoms with E-state index in [1.54, 1.807) is 60.7 Å². The lowest BCUT2D eigenvalue weighted by molar-refractivity contribution is -0.117. The van der Waals surface area contributed by atoms with Gasteiger partial charge >= 0.3 is 0 Å². The maximum absolute atomic E-state index is 12.5. The number of anilines is 4. The van der Waals surface area contributed by atoms with Crippen molar-refractivity contribution in [3.05, 3.63) is 119 Å². The van der Waals surface area contributed by atoms with Gasteiger partial charge in [0.25, 0.3) is 11.8 Å². The largest absolute Gasteiger partial charge is 0.326 e. The van der Waals surface area contributed by atoms with Gasteiger partial charge in [-0.25, -0.2) is 0 Å². The van der Waals surface area contributed by atoms with Gasteiger partial charge in [0.1, 0.15) is 0 Å². The fourth-order valence-corrected chi connectivity index (χ4v) is 4.87. The Morgan fingerprint density at radius 1 is 0.422 bits per heavy atom. The van der Waals surface area contributed by atoms with E-state index < -0.39 is 0 Å². The Hall–Kier alpha value is -5.24. The van der Waals surface area contributed by atoms with E-state index in [0.29, 0.717) is 46.7 Å². The second kappa shape index (κ2) is 16.6. The van der Waals surface area contributed by atoms with E-state index in [9.17, 15) is 19.2 Å². The number of hydrogen-bond acceptors (Lipinski definition) is 4. The zero-order valence-corrected chi connectivity index (χ0v) is 25.8. The number of carbonyl (C=O) groups excluding carboxylic acids is 4. The molecule has 45 heavy (non-hydrogen) atoms. The van der Waals surface area contributed by atoms with Crippen LogP contribution in [0.3, 0.4) is 0 Å². The van der Waals surface area contributed by atoms with Gasteiger partial charge in [-0.2, -0.15) is 0 Å². The van der Waals surface area contributed by atoms with E-state index in [1.165, 1.54) is 0 Å². The van der Waals surface area contributed by atoms with E-state index in [4.69, 9.17) is 0 Å². The Balaban J connectivity index is 1.05. The van der Waals surface area contributed by atoms with Crippen LogP contribution in [0.4, 0.5) is 22.7 Å². The summed E-state index contributed by atoms with van der Waals surface area (Å²) in [5.41, 5.74) is 5.75. The van der Waals surface area contributed by atoms with Crippen molar-refractivity contribution < 1.29 is 19.2 Å². The Morgan fingerprint density at radius 3 is 1.09 bits per heavy atom. The Bertz CT molecular complexity index is 1490. The molecule has 8 nitrogen and oxygen atoms in total. The highest BCUT2D eigenvalue weighted by Crippen LogP contribution is 2.18. The van der Waals surface area contributed by atoms with Gasteiger partial charge in [-0.05, 0) is 98.5 Å². The Morgan fingerprint density at radius 2 is 0.733 bits per heavy atom. The number of hydrogen-bond donors (Lipinski definition) is 4. The molecule has 0 saturated carbocycles. The van der Waals surface area contributed by atoms with E-state index in [2.05, 4.69) is 21.3 Å². The number of nitrogens with one attached hydrogen (secondary N) is 4. The van der Waals surface area contributed by atoms with Gasteiger partial charge in [0.2, 0.25) is 11.8 Å². The van der Waals surface area contributed by atoms with Crippen LogP contribution in [0.5, 0.6) is 0 Å². The average molecular weight is 605 g/mol. The van der Waals surface area contributed by atoms with Crippen LogP contribution in [0.15, 0.2) is 97.1 Å². The monoisotopic (exact) mass is 604 g/mol. The minimum atomic E-state index is -0.169. The van der Waals surface area contributed by atoms with Crippen molar-refractivity contribution >= 4 is 46.4 Å². The molecule has 0 heterocycles. The first-order valence-corrected chi connectivity index (χ1v) is 15.3. The van der Waals surface area contributed by atoms with Crippen molar-refractivity contribution in [2.24, 2.45) is 0 Å². The average Bonchev–Trinajstić information content (AvgIpc) is 3.03. The van der Waals surface area contributed by atoms with Crippen molar-refractivity contribution in [2.45, 2.75) is 58.8 Å². The van der Waals surface area contributed by atoms with Crippen LogP contribution >= 0.6 is 0 Å². The van der Waals surface area contributed by atoms with Gasteiger partial charge < -0.3 is 21.3 Å². The standard InChI is InChI=1S/C37H40N4O4/c1-26-12-8-10-14-32(26)36(44)40-30-22-18-28(19-23-30)38-34(42)16-6-4-3-5-7-17-35(43)39-29-20-24-31(25-21-29)41-37(45)33-15-11-9-13-27(33)2/h8-15,18-25H,3-7,16-17H2,1-2H3,(H,38,42)(H,39,43)(H,40,44)(H,41,45). The Labute approximate surface area is 264 Å². The lowest BCUT2D eigenvalue weighted by Gasteiger charge is -2.10. The number of rotatable bonds is 14. The molecule has 0 fully saturated rings. The second-order valence-electron chi connectivity index (χ2n) is 11.1. The molecule has 0 aromatic heterocycles. The molecule has 0 saturated heterocycles. The van der Waals surface area contributed by atoms with Crippen LogP contribution in [0.25, 0.3) is 0 Å². The molecule has 4 N–H and O–H groups in total. The number of carbonyl (C=O) groups is 4. The third kappa shape index (κ3) is 10.5. The molecular weight excluding hydrogens is 564 g/mol. The molecular formula is C37H40N4O4. The van der Waals surface area contributed by atoms with Crippen molar-refractivity contribution in [3.8, 4) is 0 Å². The molecule has 232 valence electrons. The van der Waals surface area contributed by atoms with Crippen LogP contribution < -0.4 is 21.3 Å². The molecule has 0 radical (unpaired) electrons. The van der Waals surface area contributed by atoms with Crippen molar-refractivity contribution in [2.75, 3.05) is 21.3 Å². The normalized spacial score (nSPS) is 10.5. The van der Waals surface area contributed by atoms with Gasteiger partial charge in [-0.3, -0.25) is 19.2 Å². The summed E-state index contributed by atoms with van der Waals surface area (Å²) in [6.07, 6.45) is 5.17. The summed E-state index contributed by atoms with van der Waals surface area (Å²) in [7, 11) is 0. The van der Waals surface area contributed by atoms with Crippen LogP contribution in [-0.4, -0.2) is 23.6 Å². The first-order chi connectivity index (χ1) is 21.8. The number of amides is 4. The molecule has 0 aliphatic rings. The van der Waals surface area contributed by atoms with Crippen molar-refractivity contribution in [3.63, 3.8) is 0 Å². The lowest BCUT2D eigenvalue weighted by atomic mass is 10.1. The minimum absolute atomic E-state index is 0.0492. The smallest absolute Gasteiger partial charge is 0.255 e. The predicted molar refractivity (Wildman–Crippen MR) is 181 cm³/mol. The topological polar surface area (TPSA) is 116 Å². The molecule has 0 aliphatic heterocycles. The molecule has 4 aromatic carbocycles. The molecule has 0 bridgehead atoms. The summed E-state index contributed by atoms with van der Waals surface area (Å²) in [6.45, 7) is 3.79. The number of aryl methyl sites for hydroxylation is 2. The van der Waals surface area contributed by atoms with E-state index in [0.717, 1.165) is 43.2 Å². The van der Waals surface area contributed by atoms with E-state index in [-0.39, 0.29) is 23.6 Å². The van der Waals surface area contributed by atoms with Crippen LogP contribution in [0, 0.1) is 13.8 Å². The van der Waals surface area contributed by atoms with Crippen LogP contribution in [-0.2, 0) is 9.59 Å². The maximum atomic E-state index is 12.5. The van der Waals surface area contributed by atoms with Gasteiger partial charge in [-0.1, -0.05) is 55.7 Å². The molecule has 4 rings (SSSR count). The summed E-state index contributed by atoms with van der Waals surface area (Å²) in [5, 5.41) is 11.6. The zero-order chi connectivity index (χ0) is 32.0. The molecule has 4 aromatic rings. The SMILES string of the molecule is Cc1ccccc1C(=O)Nc1ccc(NC(=O)CCCCCCCC(=O)Nc2ccc(NC(=O)c3ccccc3C)cc2)cc1. The van der Waals surface area contributed by atoms with Gasteiger partial charge in [0, 0.05) is 46.7 Å². The zero-order valence-electron chi connectivity index (χ0n) is 25.8. The molecule has 0 spiro atoms. The summed E-state index contributed by atoms with van der Waals surface area (Å²) >= 11 is 0. The first-order valence-electron chi connectivity index (χ1n) is 15.3. The highest BCUT2D eigenvalue weighted by molar-refractivity contribution is 6.06. The quantitative estimate of drug-likeness (QED) is 0.109. The molecule has 0 unspecified atom stereocenters. The summed E-state index contributed by atoms with van der Waals surface area (Å²) in [5.74, 6) is -0.435. The molecule has 0 atom stereocenters. The van der Waals surface area contributed by atoms with E-state index in [1.807, 2.05) is 50.2 Å². The third-order valence-electron chi connectivity index (χ3n) is 7.44. The predicted octanol–water partition coefficient (Wildman–Crippen LogP) is 8.12. The Kier molecular flexibility index (Phi) is 12.0. The van der Waals surface area contributed by atoms with E-state index >= 15 is 0 Å². The second-order valence-corrected chi connectivity index (χ2v) is 11.1. The lowest BCUT2D eigenvalue weighted by Crippen LogP contribution is -2.14. The van der Waals surface area contributed by atoms with Crippen LogP contribution in [0.1, 0.15) is 76.8 Å². The fourth-order valence-electron chi connectivity index (χ4n) is 4.87. The highest BCUT2D eigenvalue weighted by atomic mass is 16.2. The van der Waals surface area contributed by atoms with Gasteiger partial charge in [0.15, 0.2) is 0 Å². The molecule has 4 amide bonds. The number of unbranched alkanes of at least 4 members (excludes halogenated alkanes) is 4. The van der Waals surface area contributed by atoms with Gasteiger partial charge in [0.05, 0.1) is 0 Å². The van der Waals surface area contributed by atoms with Crippen LogP contribution in [0.2, 0.25) is 0 Å². The first kappa shape index (κ1) is 32.7.